The Hall–Kier alpha value is -1.39. The van der Waals surface area contributed by atoms with E-state index in [-0.39, 0.29) is 18.2 Å². The van der Waals surface area contributed by atoms with Crippen LogP contribution in [-0.4, -0.2) is 41.9 Å². The Morgan fingerprint density at radius 2 is 2.00 bits per heavy atom. The summed E-state index contributed by atoms with van der Waals surface area (Å²) in [4.78, 5) is 26.2. The molecule has 2 aliphatic rings. The number of carbonyl (C=O) groups excluding carboxylic acids is 2. The second kappa shape index (κ2) is 5.19. The number of amides is 1. The summed E-state index contributed by atoms with van der Waals surface area (Å²) in [6, 6.07) is 6.74. The molecule has 0 aromatic heterocycles. The normalized spacial score (nSPS) is 26.2. The molecule has 1 amide bonds. The first-order valence-electron chi connectivity index (χ1n) is 6.83. The lowest BCUT2D eigenvalue weighted by Gasteiger charge is -2.37. The van der Waals surface area contributed by atoms with Crippen LogP contribution in [0.4, 0.5) is 0 Å². The number of carbonyl (C=O) groups is 2. The molecule has 0 N–H and O–H groups in total. The average Bonchev–Trinajstić information content (AvgIpc) is 2.92. The highest BCUT2D eigenvalue weighted by molar-refractivity contribution is 6.30. The van der Waals surface area contributed by atoms with Gasteiger partial charge in [0.25, 0.3) is 5.91 Å². The summed E-state index contributed by atoms with van der Waals surface area (Å²) in [5.41, 5.74) is -0.0537. The van der Waals surface area contributed by atoms with Crippen molar-refractivity contribution in [3.63, 3.8) is 0 Å². The van der Waals surface area contributed by atoms with E-state index in [1.807, 2.05) is 0 Å². The molecule has 3 rings (SSSR count). The molecule has 106 valence electrons. The van der Waals surface area contributed by atoms with Gasteiger partial charge in [0, 0.05) is 30.2 Å². The molecule has 4 nitrogen and oxygen atoms in total. The Morgan fingerprint density at radius 3 is 2.60 bits per heavy atom. The Morgan fingerprint density at radius 1 is 1.25 bits per heavy atom. The van der Waals surface area contributed by atoms with Gasteiger partial charge in [-0.1, -0.05) is 11.6 Å². The van der Waals surface area contributed by atoms with Crippen molar-refractivity contribution in [3.05, 3.63) is 34.9 Å². The molecule has 2 heterocycles. The average molecular weight is 294 g/mol. The van der Waals surface area contributed by atoms with E-state index in [2.05, 4.69) is 0 Å². The molecule has 0 bridgehead atoms. The Balaban J connectivity index is 1.72. The molecule has 5 heteroatoms. The zero-order chi connectivity index (χ0) is 14.2. The molecule has 1 unspecified atom stereocenters. The number of ether oxygens (including phenoxy) is 1. The molecule has 0 saturated carbocycles. The van der Waals surface area contributed by atoms with Crippen LogP contribution < -0.4 is 0 Å². The lowest BCUT2D eigenvalue weighted by molar-refractivity contribution is -0.144. The summed E-state index contributed by atoms with van der Waals surface area (Å²) in [6.45, 7) is 1.35. The van der Waals surface area contributed by atoms with Crippen LogP contribution in [0.5, 0.6) is 0 Å². The molecule has 1 spiro atoms. The first-order valence-corrected chi connectivity index (χ1v) is 7.21. The minimum Gasteiger partial charge on any atom is -0.367 e. The highest BCUT2D eigenvalue weighted by Gasteiger charge is 2.46. The van der Waals surface area contributed by atoms with Gasteiger partial charge in [-0.05, 0) is 37.1 Å². The summed E-state index contributed by atoms with van der Waals surface area (Å²) >= 11 is 5.81. The summed E-state index contributed by atoms with van der Waals surface area (Å²) < 4.78 is 5.64. The number of rotatable bonds is 1. The highest BCUT2D eigenvalue weighted by Crippen LogP contribution is 2.33. The smallest absolute Gasteiger partial charge is 0.254 e. The maximum absolute atomic E-state index is 12.3. The van der Waals surface area contributed by atoms with Gasteiger partial charge in [0.1, 0.15) is 5.60 Å². The SMILES string of the molecule is O=C(c1ccc(Cl)cc1)N1CCC2(CCCO2)C(=O)C1. The van der Waals surface area contributed by atoms with E-state index in [0.717, 1.165) is 12.8 Å². The standard InChI is InChI=1S/C15H16ClNO3/c16-12-4-2-11(3-5-12)14(19)17-8-7-15(13(18)10-17)6-1-9-20-15/h2-5H,1,6-10H2. The Kier molecular flexibility index (Phi) is 3.52. The molecule has 2 saturated heterocycles. The van der Waals surface area contributed by atoms with Crippen molar-refractivity contribution in [1.82, 2.24) is 4.90 Å². The summed E-state index contributed by atoms with van der Waals surface area (Å²) in [7, 11) is 0. The van der Waals surface area contributed by atoms with Crippen LogP contribution in [-0.2, 0) is 9.53 Å². The van der Waals surface area contributed by atoms with Crippen molar-refractivity contribution < 1.29 is 14.3 Å². The van der Waals surface area contributed by atoms with Gasteiger partial charge in [0.2, 0.25) is 0 Å². The molecular weight excluding hydrogens is 278 g/mol. The number of benzene rings is 1. The predicted octanol–water partition coefficient (Wildman–Crippen LogP) is 2.30. The van der Waals surface area contributed by atoms with Gasteiger partial charge >= 0.3 is 0 Å². The van der Waals surface area contributed by atoms with Crippen LogP contribution in [0.3, 0.4) is 0 Å². The van der Waals surface area contributed by atoms with E-state index < -0.39 is 5.60 Å². The maximum atomic E-state index is 12.3. The third-order valence-corrected chi connectivity index (χ3v) is 4.36. The molecule has 2 aliphatic heterocycles. The second-order valence-corrected chi connectivity index (χ2v) is 5.79. The number of halogens is 1. The van der Waals surface area contributed by atoms with Crippen molar-refractivity contribution in [2.24, 2.45) is 0 Å². The van der Waals surface area contributed by atoms with E-state index in [1.54, 1.807) is 29.2 Å². The van der Waals surface area contributed by atoms with Crippen LogP contribution in [0.25, 0.3) is 0 Å². The van der Waals surface area contributed by atoms with Crippen molar-refractivity contribution in [2.75, 3.05) is 19.7 Å². The largest absolute Gasteiger partial charge is 0.367 e. The van der Waals surface area contributed by atoms with Crippen molar-refractivity contribution in [3.8, 4) is 0 Å². The van der Waals surface area contributed by atoms with Crippen molar-refractivity contribution in [1.29, 1.82) is 0 Å². The number of nitrogens with zero attached hydrogens (tertiary/aromatic N) is 1. The summed E-state index contributed by atoms with van der Waals surface area (Å²) in [6.07, 6.45) is 2.32. The number of hydrogen-bond acceptors (Lipinski definition) is 3. The van der Waals surface area contributed by atoms with Crippen LogP contribution in [0.1, 0.15) is 29.6 Å². The van der Waals surface area contributed by atoms with Gasteiger partial charge in [-0.15, -0.1) is 0 Å². The van der Waals surface area contributed by atoms with Crippen molar-refractivity contribution >= 4 is 23.3 Å². The van der Waals surface area contributed by atoms with Gasteiger partial charge < -0.3 is 9.64 Å². The first-order chi connectivity index (χ1) is 9.61. The fourth-order valence-electron chi connectivity index (χ4n) is 2.91. The monoisotopic (exact) mass is 293 g/mol. The summed E-state index contributed by atoms with van der Waals surface area (Å²) in [5, 5.41) is 0.592. The Bertz CT molecular complexity index is 535. The van der Waals surface area contributed by atoms with Crippen molar-refractivity contribution in [2.45, 2.75) is 24.9 Å². The zero-order valence-electron chi connectivity index (χ0n) is 11.1. The molecule has 2 fully saturated rings. The van der Waals surface area contributed by atoms with Gasteiger partial charge in [-0.25, -0.2) is 0 Å². The number of hydrogen-bond donors (Lipinski definition) is 0. The van der Waals surface area contributed by atoms with Gasteiger partial charge in [-0.3, -0.25) is 9.59 Å². The van der Waals surface area contributed by atoms with Crippen LogP contribution in [0, 0.1) is 0 Å². The molecular formula is C15H16ClNO3. The van der Waals surface area contributed by atoms with Gasteiger partial charge in [0.05, 0.1) is 6.54 Å². The van der Waals surface area contributed by atoms with Crippen LogP contribution in [0.2, 0.25) is 5.02 Å². The highest BCUT2D eigenvalue weighted by atomic mass is 35.5. The van der Waals surface area contributed by atoms with E-state index in [0.29, 0.717) is 30.2 Å². The van der Waals surface area contributed by atoms with E-state index in [4.69, 9.17) is 16.3 Å². The van der Waals surface area contributed by atoms with E-state index in [9.17, 15) is 9.59 Å². The number of ketones is 1. The second-order valence-electron chi connectivity index (χ2n) is 5.35. The molecule has 1 atom stereocenters. The minimum absolute atomic E-state index is 0.0311. The predicted molar refractivity (Wildman–Crippen MR) is 74.9 cm³/mol. The zero-order valence-corrected chi connectivity index (χ0v) is 11.9. The third-order valence-electron chi connectivity index (χ3n) is 4.11. The molecule has 1 aromatic rings. The first kappa shape index (κ1) is 13.6. The van der Waals surface area contributed by atoms with E-state index >= 15 is 0 Å². The van der Waals surface area contributed by atoms with E-state index in [1.165, 1.54) is 0 Å². The fraction of sp³-hybridized carbons (Fsp3) is 0.467. The third kappa shape index (κ3) is 2.34. The van der Waals surface area contributed by atoms with Gasteiger partial charge in [-0.2, -0.15) is 0 Å². The topological polar surface area (TPSA) is 46.6 Å². The summed E-state index contributed by atoms with van der Waals surface area (Å²) in [5.74, 6) is -0.0913. The van der Waals surface area contributed by atoms with Crippen LogP contribution >= 0.6 is 11.6 Å². The van der Waals surface area contributed by atoms with Crippen LogP contribution in [0.15, 0.2) is 24.3 Å². The molecule has 1 aromatic carbocycles. The maximum Gasteiger partial charge on any atom is 0.254 e. The minimum atomic E-state index is -0.614. The lowest BCUT2D eigenvalue weighted by Crippen LogP contribution is -2.53. The number of piperidine rings is 1. The number of likely N-dealkylation sites (tertiary alicyclic amines) is 1. The lowest BCUT2D eigenvalue weighted by atomic mass is 9.87. The molecule has 20 heavy (non-hydrogen) atoms. The molecule has 0 radical (unpaired) electrons. The number of Topliss-reactive ketones (excluding diaryl/α,β-unsaturated/α-hetero) is 1. The quantitative estimate of drug-likeness (QED) is 0.798. The molecule has 0 aliphatic carbocycles. The fourth-order valence-corrected chi connectivity index (χ4v) is 3.04. The Labute approximate surface area is 122 Å². The van der Waals surface area contributed by atoms with Gasteiger partial charge in [0.15, 0.2) is 5.78 Å².